The molecule has 5 nitrogen and oxygen atoms in total. The Morgan fingerprint density at radius 2 is 1.70 bits per heavy atom. The predicted octanol–water partition coefficient (Wildman–Crippen LogP) is 3.94. The number of benzene rings is 2. The number of hydrogen-bond acceptors (Lipinski definition) is 4. The van der Waals surface area contributed by atoms with Gasteiger partial charge >= 0.3 is 0 Å². The minimum absolute atomic E-state index is 0.153. The second-order valence-electron chi connectivity index (χ2n) is 8.56. The molecule has 0 aromatic heterocycles. The number of anilines is 1. The van der Waals surface area contributed by atoms with Gasteiger partial charge in [0.05, 0.1) is 26.5 Å². The Balaban J connectivity index is 1.37. The van der Waals surface area contributed by atoms with Gasteiger partial charge in [0.1, 0.15) is 0 Å². The van der Waals surface area contributed by atoms with Crippen molar-refractivity contribution in [2.24, 2.45) is 5.92 Å². The number of piperidine rings is 1. The van der Waals surface area contributed by atoms with E-state index in [4.69, 9.17) is 9.47 Å². The van der Waals surface area contributed by atoms with Gasteiger partial charge in [-0.25, -0.2) is 0 Å². The van der Waals surface area contributed by atoms with Crippen LogP contribution in [0.2, 0.25) is 0 Å². The van der Waals surface area contributed by atoms with E-state index in [-0.39, 0.29) is 11.9 Å². The Bertz CT molecular complexity index is 875. The minimum Gasteiger partial charge on any atom is -0.493 e. The summed E-state index contributed by atoms with van der Waals surface area (Å²) in [6.07, 6.45) is 4.29. The summed E-state index contributed by atoms with van der Waals surface area (Å²) in [6.45, 7) is 4.58. The Labute approximate surface area is 179 Å². The van der Waals surface area contributed by atoms with Crippen molar-refractivity contribution in [1.29, 1.82) is 0 Å². The van der Waals surface area contributed by atoms with Crippen molar-refractivity contribution in [2.75, 3.05) is 38.8 Å². The first kappa shape index (κ1) is 20.7. The molecule has 2 aliphatic rings. The Kier molecular flexibility index (Phi) is 6.28. The number of nitrogens with zero attached hydrogens (tertiary/aromatic N) is 2. The van der Waals surface area contributed by atoms with Crippen LogP contribution < -0.4 is 14.4 Å². The molecular weight excluding hydrogens is 376 g/mol. The number of methoxy groups -OCH3 is 2. The van der Waals surface area contributed by atoms with Gasteiger partial charge in [-0.05, 0) is 68.8 Å². The lowest BCUT2D eigenvalue weighted by Gasteiger charge is -2.33. The third kappa shape index (κ3) is 4.31. The first-order valence-electron chi connectivity index (χ1n) is 10.9. The van der Waals surface area contributed by atoms with Gasteiger partial charge < -0.3 is 14.4 Å². The van der Waals surface area contributed by atoms with Gasteiger partial charge in [-0.1, -0.05) is 30.3 Å². The lowest BCUT2D eigenvalue weighted by atomic mass is 9.90. The fraction of sp³-hybridized carbons (Fsp3) is 0.480. The van der Waals surface area contributed by atoms with Crippen molar-refractivity contribution in [3.05, 3.63) is 53.6 Å². The zero-order valence-electron chi connectivity index (χ0n) is 18.3. The van der Waals surface area contributed by atoms with Gasteiger partial charge in [-0.15, -0.1) is 0 Å². The molecule has 0 aliphatic carbocycles. The number of rotatable bonds is 6. The molecule has 2 aliphatic heterocycles. The molecule has 0 N–H and O–H groups in total. The molecular formula is C25H32N2O3. The second kappa shape index (κ2) is 9.09. The van der Waals surface area contributed by atoms with Crippen molar-refractivity contribution in [3.8, 4) is 11.5 Å². The fourth-order valence-corrected chi connectivity index (χ4v) is 4.89. The van der Waals surface area contributed by atoms with Crippen LogP contribution in [0.4, 0.5) is 5.69 Å². The fourth-order valence-electron chi connectivity index (χ4n) is 4.89. The van der Waals surface area contributed by atoms with Crippen LogP contribution in [0.25, 0.3) is 0 Å². The van der Waals surface area contributed by atoms with E-state index in [1.165, 1.54) is 5.56 Å². The monoisotopic (exact) mass is 408 g/mol. The maximum atomic E-state index is 13.2. The van der Waals surface area contributed by atoms with Crippen LogP contribution in [0.1, 0.15) is 30.9 Å². The zero-order valence-corrected chi connectivity index (χ0v) is 18.3. The van der Waals surface area contributed by atoms with Crippen LogP contribution in [0, 0.1) is 5.92 Å². The molecule has 1 unspecified atom stereocenters. The number of amides is 1. The number of fused-ring (bicyclic) bond motifs is 1. The first-order valence-corrected chi connectivity index (χ1v) is 10.9. The first-order chi connectivity index (χ1) is 14.6. The van der Waals surface area contributed by atoms with Gasteiger partial charge in [-0.2, -0.15) is 0 Å². The van der Waals surface area contributed by atoms with E-state index in [1.807, 2.05) is 17.0 Å². The van der Waals surface area contributed by atoms with Crippen LogP contribution in [-0.2, 0) is 17.6 Å². The van der Waals surface area contributed by atoms with Crippen LogP contribution in [-0.4, -0.2) is 50.7 Å². The Morgan fingerprint density at radius 3 is 2.37 bits per heavy atom. The summed E-state index contributed by atoms with van der Waals surface area (Å²) in [5.41, 5.74) is 3.53. The highest BCUT2D eigenvalue weighted by molar-refractivity contribution is 5.98. The summed E-state index contributed by atoms with van der Waals surface area (Å²) in [5.74, 6) is 2.28. The van der Waals surface area contributed by atoms with Crippen molar-refractivity contribution >= 4 is 11.6 Å². The second-order valence-corrected chi connectivity index (χ2v) is 8.56. The summed E-state index contributed by atoms with van der Waals surface area (Å²) in [6, 6.07) is 14.8. The third-order valence-electron chi connectivity index (χ3n) is 6.50. The quantitative estimate of drug-likeness (QED) is 0.726. The molecule has 0 radical (unpaired) electrons. The van der Waals surface area contributed by atoms with Crippen molar-refractivity contribution in [2.45, 2.75) is 38.6 Å². The number of hydrogen-bond donors (Lipinski definition) is 0. The standard InChI is InChI=1S/C25H32N2O3/c1-18-13-21-15-23(29-2)24(30-3)16-22(21)27(18)25(28)17-26-11-9-20(10-12-26)14-19-7-5-4-6-8-19/h4-8,15-16,18,20H,9-14,17H2,1-3H3. The van der Waals surface area contributed by atoms with Crippen molar-refractivity contribution in [1.82, 2.24) is 4.90 Å². The molecule has 1 fully saturated rings. The SMILES string of the molecule is COc1cc2c(cc1OC)N(C(=O)CN1CCC(Cc3ccccc3)CC1)C(C)C2. The number of likely N-dealkylation sites (tertiary alicyclic amines) is 1. The van der Waals surface area contributed by atoms with E-state index in [0.717, 1.165) is 55.8 Å². The number of carbonyl (C=O) groups excluding carboxylic acids is 1. The topological polar surface area (TPSA) is 42.0 Å². The van der Waals surface area contributed by atoms with Gasteiger partial charge in [0, 0.05) is 12.1 Å². The molecule has 0 spiro atoms. The van der Waals surface area contributed by atoms with Crippen LogP contribution in [0.15, 0.2) is 42.5 Å². The largest absolute Gasteiger partial charge is 0.493 e. The molecule has 1 atom stereocenters. The van der Waals surface area contributed by atoms with E-state index in [1.54, 1.807) is 14.2 Å². The summed E-state index contributed by atoms with van der Waals surface area (Å²) in [7, 11) is 3.28. The molecule has 2 aromatic carbocycles. The summed E-state index contributed by atoms with van der Waals surface area (Å²) >= 11 is 0. The van der Waals surface area contributed by atoms with Crippen LogP contribution in [0.5, 0.6) is 11.5 Å². The van der Waals surface area contributed by atoms with E-state index >= 15 is 0 Å². The number of carbonyl (C=O) groups is 1. The molecule has 30 heavy (non-hydrogen) atoms. The molecule has 5 heteroatoms. The predicted molar refractivity (Wildman–Crippen MR) is 120 cm³/mol. The summed E-state index contributed by atoms with van der Waals surface area (Å²) in [4.78, 5) is 17.5. The van der Waals surface area contributed by atoms with E-state index < -0.39 is 0 Å². The average Bonchev–Trinajstić information content (AvgIpc) is 3.09. The Hall–Kier alpha value is -2.53. The third-order valence-corrected chi connectivity index (χ3v) is 6.50. The zero-order chi connectivity index (χ0) is 21.1. The van der Waals surface area contributed by atoms with Crippen LogP contribution in [0.3, 0.4) is 0 Å². The van der Waals surface area contributed by atoms with E-state index in [9.17, 15) is 4.79 Å². The normalized spacial score (nSPS) is 19.6. The maximum Gasteiger partial charge on any atom is 0.241 e. The molecule has 2 heterocycles. The molecule has 0 saturated carbocycles. The summed E-state index contributed by atoms with van der Waals surface area (Å²) in [5, 5.41) is 0. The maximum absolute atomic E-state index is 13.2. The van der Waals surface area contributed by atoms with E-state index in [0.29, 0.717) is 18.2 Å². The van der Waals surface area contributed by atoms with Gasteiger partial charge in [0.2, 0.25) is 5.91 Å². The van der Waals surface area contributed by atoms with Gasteiger partial charge in [0.25, 0.3) is 0 Å². The lowest BCUT2D eigenvalue weighted by molar-refractivity contribution is -0.120. The van der Waals surface area contributed by atoms with Gasteiger partial charge in [-0.3, -0.25) is 9.69 Å². The molecule has 0 bridgehead atoms. The minimum atomic E-state index is 0.153. The highest BCUT2D eigenvalue weighted by Gasteiger charge is 2.33. The Morgan fingerprint density at radius 1 is 1.03 bits per heavy atom. The molecule has 4 rings (SSSR count). The highest BCUT2D eigenvalue weighted by atomic mass is 16.5. The van der Waals surface area contributed by atoms with E-state index in [2.05, 4.69) is 42.2 Å². The molecule has 1 saturated heterocycles. The van der Waals surface area contributed by atoms with Crippen molar-refractivity contribution < 1.29 is 14.3 Å². The highest BCUT2D eigenvalue weighted by Crippen LogP contribution is 2.40. The van der Waals surface area contributed by atoms with Gasteiger partial charge in [0.15, 0.2) is 11.5 Å². The number of ether oxygens (including phenoxy) is 2. The average molecular weight is 409 g/mol. The molecule has 1 amide bonds. The van der Waals surface area contributed by atoms with Crippen molar-refractivity contribution in [3.63, 3.8) is 0 Å². The lowest BCUT2D eigenvalue weighted by Crippen LogP contribution is -2.45. The smallest absolute Gasteiger partial charge is 0.241 e. The summed E-state index contributed by atoms with van der Waals surface area (Å²) < 4.78 is 10.9. The molecule has 160 valence electrons. The molecule has 2 aromatic rings. The van der Waals surface area contributed by atoms with Crippen LogP contribution >= 0.6 is 0 Å².